The Morgan fingerprint density at radius 3 is 2.72 bits per heavy atom. The summed E-state index contributed by atoms with van der Waals surface area (Å²) >= 11 is 0. The molecule has 0 aromatic heterocycles. The Bertz CT molecular complexity index is 397. The van der Waals surface area contributed by atoms with E-state index in [4.69, 9.17) is 4.74 Å². The number of carbonyl (C=O) groups excluding carboxylic acids is 1. The molecule has 2 rings (SSSR count). The lowest BCUT2D eigenvalue weighted by molar-refractivity contribution is -0.422. The van der Waals surface area contributed by atoms with Crippen LogP contribution in [0.2, 0.25) is 0 Å². The standard InChI is InChI=1S/C12H18N2O4/c1-2-18-11(15)10(14(16)17)9-7-12(8-13-9)5-3-4-6-12/h13H,2-8H2,1H3/b10-9+. The van der Waals surface area contributed by atoms with Crippen LogP contribution < -0.4 is 5.32 Å². The Labute approximate surface area is 106 Å². The molecule has 100 valence electrons. The van der Waals surface area contributed by atoms with Gasteiger partial charge in [0.25, 0.3) is 0 Å². The third-order valence-corrected chi connectivity index (χ3v) is 3.83. The molecule has 1 spiro atoms. The molecule has 0 radical (unpaired) electrons. The number of allylic oxidation sites excluding steroid dienone is 1. The van der Waals surface area contributed by atoms with Gasteiger partial charge in [-0.3, -0.25) is 10.1 Å². The molecule has 1 aliphatic heterocycles. The van der Waals surface area contributed by atoms with E-state index in [1.807, 2.05) is 0 Å². The van der Waals surface area contributed by atoms with Gasteiger partial charge in [0.15, 0.2) is 0 Å². The molecule has 18 heavy (non-hydrogen) atoms. The predicted octanol–water partition coefficient (Wildman–Crippen LogP) is 1.59. The molecule has 2 fully saturated rings. The SMILES string of the molecule is CCOC(=O)/C(=C1/CC2(CCCC2)CN1)[N+](=O)[O-]. The molecule has 0 aromatic carbocycles. The molecule has 0 amide bonds. The van der Waals surface area contributed by atoms with E-state index in [2.05, 4.69) is 5.32 Å². The summed E-state index contributed by atoms with van der Waals surface area (Å²) in [5.74, 6) is -0.833. The Balaban J connectivity index is 2.22. The van der Waals surface area contributed by atoms with Crippen molar-refractivity contribution in [2.24, 2.45) is 5.41 Å². The third-order valence-electron chi connectivity index (χ3n) is 3.83. The molecular formula is C12H18N2O4. The number of carbonyl (C=O) groups is 1. The smallest absolute Gasteiger partial charge is 0.411 e. The van der Waals surface area contributed by atoms with Crippen molar-refractivity contribution in [1.82, 2.24) is 5.32 Å². The Morgan fingerprint density at radius 1 is 1.50 bits per heavy atom. The second kappa shape index (κ2) is 4.96. The maximum absolute atomic E-state index is 11.6. The summed E-state index contributed by atoms with van der Waals surface area (Å²) in [6, 6.07) is 0. The number of ether oxygens (including phenoxy) is 1. The fourth-order valence-electron chi connectivity index (χ4n) is 2.95. The first-order valence-electron chi connectivity index (χ1n) is 6.36. The number of nitrogens with one attached hydrogen (secondary N) is 1. The van der Waals surface area contributed by atoms with Crippen molar-refractivity contribution in [3.8, 4) is 0 Å². The summed E-state index contributed by atoms with van der Waals surface area (Å²) in [7, 11) is 0. The van der Waals surface area contributed by atoms with E-state index in [0.717, 1.165) is 19.4 Å². The van der Waals surface area contributed by atoms with Gasteiger partial charge in [0.05, 0.1) is 17.2 Å². The Morgan fingerprint density at radius 2 is 2.17 bits per heavy atom. The first kappa shape index (κ1) is 12.9. The summed E-state index contributed by atoms with van der Waals surface area (Å²) in [5.41, 5.74) is 0.157. The zero-order valence-corrected chi connectivity index (χ0v) is 10.5. The highest BCUT2D eigenvalue weighted by atomic mass is 16.6. The van der Waals surface area contributed by atoms with E-state index in [0.29, 0.717) is 12.1 Å². The van der Waals surface area contributed by atoms with Gasteiger partial charge in [-0.1, -0.05) is 12.8 Å². The average molecular weight is 254 g/mol. The van der Waals surface area contributed by atoms with Crippen molar-refractivity contribution in [3.63, 3.8) is 0 Å². The van der Waals surface area contributed by atoms with Crippen molar-refractivity contribution in [2.75, 3.05) is 13.2 Å². The van der Waals surface area contributed by atoms with Crippen molar-refractivity contribution >= 4 is 5.97 Å². The van der Waals surface area contributed by atoms with E-state index in [1.54, 1.807) is 6.92 Å². The van der Waals surface area contributed by atoms with Crippen molar-refractivity contribution in [3.05, 3.63) is 21.5 Å². The summed E-state index contributed by atoms with van der Waals surface area (Å²) in [6.07, 6.45) is 5.10. The molecule has 0 bridgehead atoms. The van der Waals surface area contributed by atoms with Crippen molar-refractivity contribution < 1.29 is 14.5 Å². The number of hydrogen-bond donors (Lipinski definition) is 1. The fourth-order valence-corrected chi connectivity index (χ4v) is 2.95. The zero-order valence-electron chi connectivity index (χ0n) is 10.5. The van der Waals surface area contributed by atoms with Crippen molar-refractivity contribution in [2.45, 2.75) is 39.0 Å². The molecule has 0 atom stereocenters. The predicted molar refractivity (Wildman–Crippen MR) is 64.2 cm³/mol. The minimum absolute atomic E-state index is 0.128. The summed E-state index contributed by atoms with van der Waals surface area (Å²) in [6.45, 7) is 2.52. The van der Waals surface area contributed by atoms with E-state index in [1.165, 1.54) is 12.8 Å². The molecule has 2 aliphatic rings. The van der Waals surface area contributed by atoms with Crippen LogP contribution in [0, 0.1) is 15.5 Å². The van der Waals surface area contributed by atoms with Crippen LogP contribution in [0.15, 0.2) is 11.4 Å². The van der Waals surface area contributed by atoms with E-state index < -0.39 is 16.6 Å². The molecule has 0 aromatic rings. The minimum Gasteiger partial charge on any atom is -0.458 e. The van der Waals surface area contributed by atoms with Crippen LogP contribution in [-0.2, 0) is 9.53 Å². The van der Waals surface area contributed by atoms with Gasteiger partial charge in [-0.2, -0.15) is 0 Å². The maximum Gasteiger partial charge on any atom is 0.411 e. The highest BCUT2D eigenvalue weighted by Gasteiger charge is 2.43. The van der Waals surface area contributed by atoms with Gasteiger partial charge >= 0.3 is 11.7 Å². The highest BCUT2D eigenvalue weighted by Crippen LogP contribution is 2.46. The summed E-state index contributed by atoms with van der Waals surface area (Å²) < 4.78 is 4.75. The fraction of sp³-hybridized carbons (Fsp3) is 0.750. The van der Waals surface area contributed by atoms with Crippen LogP contribution in [-0.4, -0.2) is 24.0 Å². The zero-order chi connectivity index (χ0) is 13.2. The van der Waals surface area contributed by atoms with Crippen LogP contribution in [0.25, 0.3) is 0 Å². The first-order chi connectivity index (χ1) is 8.58. The number of hydrogen-bond acceptors (Lipinski definition) is 5. The molecule has 1 saturated heterocycles. The van der Waals surface area contributed by atoms with Crippen LogP contribution in [0.1, 0.15) is 39.0 Å². The molecule has 1 heterocycles. The van der Waals surface area contributed by atoms with Crippen molar-refractivity contribution in [1.29, 1.82) is 0 Å². The normalized spacial score (nSPS) is 23.8. The minimum atomic E-state index is -0.833. The molecule has 0 unspecified atom stereocenters. The average Bonchev–Trinajstić information content (AvgIpc) is 2.90. The lowest BCUT2D eigenvalue weighted by Gasteiger charge is -2.19. The van der Waals surface area contributed by atoms with E-state index in [-0.39, 0.29) is 12.0 Å². The van der Waals surface area contributed by atoms with E-state index in [9.17, 15) is 14.9 Å². The van der Waals surface area contributed by atoms with E-state index >= 15 is 0 Å². The number of rotatable bonds is 3. The quantitative estimate of drug-likeness (QED) is 0.358. The highest BCUT2D eigenvalue weighted by molar-refractivity contribution is 5.86. The molecular weight excluding hydrogens is 236 g/mol. The molecule has 1 saturated carbocycles. The lowest BCUT2D eigenvalue weighted by atomic mass is 9.85. The monoisotopic (exact) mass is 254 g/mol. The maximum atomic E-state index is 11.6. The van der Waals surface area contributed by atoms with Gasteiger partial charge in [0.1, 0.15) is 0 Å². The van der Waals surface area contributed by atoms with Gasteiger partial charge in [-0.25, -0.2) is 4.79 Å². The second-order valence-corrected chi connectivity index (χ2v) is 5.04. The van der Waals surface area contributed by atoms with Gasteiger partial charge in [0.2, 0.25) is 0 Å². The van der Waals surface area contributed by atoms with Crippen LogP contribution >= 0.6 is 0 Å². The molecule has 1 N–H and O–H groups in total. The number of nitro groups is 1. The van der Waals surface area contributed by atoms with Crippen LogP contribution in [0.4, 0.5) is 0 Å². The summed E-state index contributed by atoms with van der Waals surface area (Å²) in [4.78, 5) is 22.0. The second-order valence-electron chi connectivity index (χ2n) is 5.04. The number of esters is 1. The van der Waals surface area contributed by atoms with Gasteiger partial charge in [-0.05, 0) is 25.2 Å². The largest absolute Gasteiger partial charge is 0.458 e. The Kier molecular flexibility index (Phi) is 3.54. The van der Waals surface area contributed by atoms with Gasteiger partial charge in [0, 0.05) is 13.0 Å². The first-order valence-corrected chi connectivity index (χ1v) is 6.36. The Hall–Kier alpha value is -1.59. The lowest BCUT2D eigenvalue weighted by Crippen LogP contribution is -2.21. The van der Waals surface area contributed by atoms with Crippen LogP contribution in [0.5, 0.6) is 0 Å². The number of nitrogens with zero attached hydrogens (tertiary/aromatic N) is 1. The topological polar surface area (TPSA) is 81.5 Å². The molecule has 6 heteroatoms. The molecule has 6 nitrogen and oxygen atoms in total. The summed E-state index contributed by atoms with van der Waals surface area (Å²) in [5, 5.41) is 14.1. The van der Waals surface area contributed by atoms with Gasteiger partial charge in [-0.15, -0.1) is 0 Å². The third kappa shape index (κ3) is 2.32. The van der Waals surface area contributed by atoms with Gasteiger partial charge < -0.3 is 10.1 Å². The molecule has 1 aliphatic carbocycles. The van der Waals surface area contributed by atoms with Crippen LogP contribution in [0.3, 0.4) is 0 Å².